The maximum Gasteiger partial charge on any atom is 0.218 e. The van der Waals surface area contributed by atoms with Gasteiger partial charge in [0.05, 0.1) is 0 Å². The Hall–Kier alpha value is -0.123. The van der Waals surface area contributed by atoms with Gasteiger partial charge in [0, 0.05) is 11.1 Å². The summed E-state index contributed by atoms with van der Waals surface area (Å²) >= 11 is 3.43. The molecular weight excluding hydrogens is 244 g/mol. The van der Waals surface area contributed by atoms with Gasteiger partial charge in [-0.15, -0.1) is 0 Å². The van der Waals surface area contributed by atoms with Crippen LogP contribution in [0, 0.1) is 0 Å². The van der Waals surface area contributed by atoms with Gasteiger partial charge in [0.2, 0.25) is 8.32 Å². The summed E-state index contributed by atoms with van der Waals surface area (Å²) in [6.45, 7) is 7.29. The van der Waals surface area contributed by atoms with Crippen molar-refractivity contribution in [3.63, 3.8) is 0 Å². The average molecular weight is 259 g/mol. The maximum atomic E-state index is 5.78. The zero-order valence-corrected chi connectivity index (χ0v) is 10.9. The summed E-state index contributed by atoms with van der Waals surface area (Å²) in [5.41, 5.74) is 0. The molecule has 13 heavy (non-hydrogen) atoms. The molecule has 0 saturated heterocycles. The van der Waals surface area contributed by atoms with Crippen molar-refractivity contribution in [3.8, 4) is 0 Å². The van der Waals surface area contributed by atoms with Crippen LogP contribution in [0.1, 0.15) is 6.92 Å². The summed E-state index contributed by atoms with van der Waals surface area (Å²) in [5, 5.41) is 1.34. The van der Waals surface area contributed by atoms with Crippen molar-refractivity contribution in [2.75, 3.05) is 6.61 Å². The number of hydrogen-bond acceptors (Lipinski definition) is 1. The van der Waals surface area contributed by atoms with E-state index in [-0.39, 0.29) is 0 Å². The third-order valence-electron chi connectivity index (χ3n) is 2.04. The van der Waals surface area contributed by atoms with Gasteiger partial charge in [0.1, 0.15) is 0 Å². The summed E-state index contributed by atoms with van der Waals surface area (Å²) < 4.78 is 6.90. The summed E-state index contributed by atoms with van der Waals surface area (Å²) in [4.78, 5) is 0. The highest BCUT2D eigenvalue weighted by molar-refractivity contribution is 9.10. The number of hydrogen-bond donors (Lipinski definition) is 0. The summed E-state index contributed by atoms with van der Waals surface area (Å²) in [6.07, 6.45) is 0. The van der Waals surface area contributed by atoms with Crippen LogP contribution in [-0.4, -0.2) is 14.9 Å². The zero-order valence-electron chi connectivity index (χ0n) is 8.30. The molecule has 0 amide bonds. The lowest BCUT2D eigenvalue weighted by Crippen LogP contribution is -2.44. The molecule has 0 radical (unpaired) electrons. The van der Waals surface area contributed by atoms with Crippen molar-refractivity contribution in [3.05, 3.63) is 28.7 Å². The minimum absolute atomic E-state index is 0.801. The molecule has 0 saturated carbocycles. The molecule has 0 atom stereocenters. The molecule has 0 aliphatic rings. The Balaban J connectivity index is 2.87. The Labute approximate surface area is 89.4 Å². The molecule has 0 aliphatic carbocycles. The van der Waals surface area contributed by atoms with Gasteiger partial charge < -0.3 is 4.43 Å². The van der Waals surface area contributed by atoms with Crippen molar-refractivity contribution < 1.29 is 4.43 Å². The molecule has 0 bridgehead atoms. The van der Waals surface area contributed by atoms with E-state index in [2.05, 4.69) is 53.3 Å². The second kappa shape index (κ2) is 4.40. The van der Waals surface area contributed by atoms with Crippen molar-refractivity contribution in [1.82, 2.24) is 0 Å². The predicted octanol–water partition coefficient (Wildman–Crippen LogP) is 2.90. The Morgan fingerprint density at radius 2 is 1.77 bits per heavy atom. The minimum Gasteiger partial charge on any atom is -0.413 e. The van der Waals surface area contributed by atoms with E-state index in [1.807, 2.05) is 6.92 Å². The normalized spacial score (nSPS) is 11.7. The van der Waals surface area contributed by atoms with E-state index in [0.29, 0.717) is 0 Å². The fraction of sp³-hybridized carbons (Fsp3) is 0.400. The summed E-state index contributed by atoms with van der Waals surface area (Å²) in [7, 11) is -1.62. The molecule has 1 aromatic carbocycles. The average Bonchev–Trinajstić information content (AvgIpc) is 2.05. The van der Waals surface area contributed by atoms with Gasteiger partial charge >= 0.3 is 0 Å². The molecule has 0 spiro atoms. The number of halogens is 1. The van der Waals surface area contributed by atoms with E-state index in [1.54, 1.807) is 0 Å². The third-order valence-corrected chi connectivity index (χ3v) is 5.31. The quantitative estimate of drug-likeness (QED) is 0.758. The molecule has 0 heterocycles. The maximum absolute atomic E-state index is 5.78. The number of rotatable bonds is 3. The predicted molar refractivity (Wildman–Crippen MR) is 62.9 cm³/mol. The van der Waals surface area contributed by atoms with Gasteiger partial charge in [-0.25, -0.2) is 0 Å². The van der Waals surface area contributed by atoms with Gasteiger partial charge in [-0.3, -0.25) is 0 Å². The molecular formula is C10H15BrOSi. The van der Waals surface area contributed by atoms with Crippen molar-refractivity contribution in [2.24, 2.45) is 0 Å². The van der Waals surface area contributed by atoms with Crippen LogP contribution in [0.25, 0.3) is 0 Å². The lowest BCUT2D eigenvalue weighted by Gasteiger charge is -2.22. The second-order valence-electron chi connectivity index (χ2n) is 3.45. The first kappa shape index (κ1) is 11.0. The summed E-state index contributed by atoms with van der Waals surface area (Å²) in [5.74, 6) is 0. The Morgan fingerprint density at radius 3 is 2.23 bits per heavy atom. The van der Waals surface area contributed by atoms with Crippen molar-refractivity contribution in [2.45, 2.75) is 20.0 Å². The molecule has 0 N–H and O–H groups in total. The van der Waals surface area contributed by atoms with Crippen LogP contribution < -0.4 is 5.19 Å². The van der Waals surface area contributed by atoms with Gasteiger partial charge in [-0.05, 0) is 37.3 Å². The van der Waals surface area contributed by atoms with Crippen LogP contribution in [0.15, 0.2) is 28.7 Å². The van der Waals surface area contributed by atoms with E-state index in [4.69, 9.17) is 4.43 Å². The molecule has 1 nitrogen and oxygen atoms in total. The summed E-state index contributed by atoms with van der Waals surface area (Å²) in [6, 6.07) is 8.43. The lowest BCUT2D eigenvalue weighted by atomic mass is 10.4. The fourth-order valence-electron chi connectivity index (χ4n) is 1.30. The molecule has 0 aromatic heterocycles. The molecule has 1 rings (SSSR count). The SMILES string of the molecule is CCO[Si](C)(C)c1ccc(Br)cc1. The first-order valence-electron chi connectivity index (χ1n) is 4.46. The number of benzene rings is 1. The molecule has 1 aromatic rings. The third kappa shape index (κ3) is 2.93. The molecule has 3 heteroatoms. The fourth-order valence-corrected chi connectivity index (χ4v) is 3.42. The monoisotopic (exact) mass is 258 g/mol. The van der Waals surface area contributed by atoms with E-state index in [1.165, 1.54) is 5.19 Å². The highest BCUT2D eigenvalue weighted by atomic mass is 79.9. The van der Waals surface area contributed by atoms with Gasteiger partial charge in [-0.2, -0.15) is 0 Å². The highest BCUT2D eigenvalue weighted by Gasteiger charge is 2.23. The van der Waals surface area contributed by atoms with Crippen LogP contribution >= 0.6 is 15.9 Å². The van der Waals surface area contributed by atoms with Crippen LogP contribution in [-0.2, 0) is 4.43 Å². The lowest BCUT2D eigenvalue weighted by molar-refractivity contribution is 0.339. The van der Waals surface area contributed by atoms with E-state index in [9.17, 15) is 0 Å². The first-order valence-corrected chi connectivity index (χ1v) is 8.16. The smallest absolute Gasteiger partial charge is 0.218 e. The second-order valence-corrected chi connectivity index (χ2v) is 8.25. The largest absolute Gasteiger partial charge is 0.413 e. The highest BCUT2D eigenvalue weighted by Crippen LogP contribution is 2.10. The minimum atomic E-state index is -1.62. The standard InChI is InChI=1S/C10H15BrOSi/c1-4-12-13(2,3)10-7-5-9(11)6-8-10/h5-8H,4H2,1-3H3. The van der Waals surface area contributed by atoms with Crippen LogP contribution in [0.4, 0.5) is 0 Å². The molecule has 0 fully saturated rings. The van der Waals surface area contributed by atoms with Crippen molar-refractivity contribution in [1.29, 1.82) is 0 Å². The van der Waals surface area contributed by atoms with Gasteiger partial charge in [0.25, 0.3) is 0 Å². The van der Waals surface area contributed by atoms with Crippen LogP contribution in [0.2, 0.25) is 13.1 Å². The molecule has 0 unspecified atom stereocenters. The topological polar surface area (TPSA) is 9.23 Å². The zero-order chi connectivity index (χ0) is 9.90. The Kier molecular flexibility index (Phi) is 3.70. The Bertz CT molecular complexity index is 269. The van der Waals surface area contributed by atoms with E-state index < -0.39 is 8.32 Å². The van der Waals surface area contributed by atoms with Gasteiger partial charge in [0.15, 0.2) is 0 Å². The van der Waals surface area contributed by atoms with Gasteiger partial charge in [-0.1, -0.05) is 28.1 Å². The van der Waals surface area contributed by atoms with Crippen LogP contribution in [0.5, 0.6) is 0 Å². The van der Waals surface area contributed by atoms with Crippen LogP contribution in [0.3, 0.4) is 0 Å². The van der Waals surface area contributed by atoms with Crippen molar-refractivity contribution >= 4 is 29.4 Å². The Morgan fingerprint density at radius 1 is 1.23 bits per heavy atom. The molecule has 72 valence electrons. The van der Waals surface area contributed by atoms with E-state index in [0.717, 1.165) is 11.1 Å². The first-order chi connectivity index (χ1) is 6.06. The van der Waals surface area contributed by atoms with E-state index >= 15 is 0 Å². The molecule has 0 aliphatic heterocycles.